The van der Waals surface area contributed by atoms with Crippen molar-refractivity contribution in [3.05, 3.63) is 130 Å². The Labute approximate surface area is 285 Å². The summed E-state index contributed by atoms with van der Waals surface area (Å²) >= 11 is 0. The molecule has 3 aromatic carbocycles. The zero-order chi connectivity index (χ0) is 34.1. The number of benzene rings is 3. The highest BCUT2D eigenvalue weighted by molar-refractivity contribution is 5.89. The van der Waals surface area contributed by atoms with Crippen LogP contribution < -0.4 is 10.1 Å². The molecule has 1 heterocycles. The lowest BCUT2D eigenvalue weighted by Crippen LogP contribution is -2.30. The number of carbonyl (C=O) groups excluding carboxylic acids is 2. The second kappa shape index (κ2) is 16.1. The summed E-state index contributed by atoms with van der Waals surface area (Å²) in [5, 5.41) is 3.83. The lowest BCUT2D eigenvalue weighted by molar-refractivity contribution is 0.0518. The van der Waals surface area contributed by atoms with Crippen molar-refractivity contribution in [2.45, 2.75) is 83.8 Å². The highest BCUT2D eigenvalue weighted by atomic mass is 16.5. The molecule has 1 N–H and O–H groups in total. The van der Waals surface area contributed by atoms with Gasteiger partial charge in [0, 0.05) is 18.3 Å². The molecule has 2 atom stereocenters. The van der Waals surface area contributed by atoms with Crippen molar-refractivity contribution in [3.8, 4) is 5.75 Å². The van der Waals surface area contributed by atoms with Gasteiger partial charge >= 0.3 is 11.9 Å². The van der Waals surface area contributed by atoms with Crippen molar-refractivity contribution in [2.75, 3.05) is 20.3 Å². The Morgan fingerprint density at radius 1 is 0.938 bits per heavy atom. The van der Waals surface area contributed by atoms with Gasteiger partial charge < -0.3 is 19.5 Å². The van der Waals surface area contributed by atoms with Gasteiger partial charge in [-0.2, -0.15) is 0 Å². The van der Waals surface area contributed by atoms with Gasteiger partial charge in [0.1, 0.15) is 18.1 Å². The summed E-state index contributed by atoms with van der Waals surface area (Å²) in [6.07, 6.45) is 4.54. The topological polar surface area (TPSA) is 86.8 Å². The Morgan fingerprint density at radius 2 is 1.69 bits per heavy atom. The van der Waals surface area contributed by atoms with E-state index in [2.05, 4.69) is 67.5 Å². The van der Waals surface area contributed by atoms with E-state index in [0.717, 1.165) is 66.8 Å². The average Bonchev–Trinajstić information content (AvgIpc) is 3.10. The first-order chi connectivity index (χ1) is 23.2. The third-order valence-electron chi connectivity index (χ3n) is 9.14. The largest absolute Gasteiger partial charge is 0.489 e. The van der Waals surface area contributed by atoms with Gasteiger partial charge in [-0.25, -0.2) is 14.6 Å². The monoisotopic (exact) mass is 648 g/mol. The van der Waals surface area contributed by atoms with E-state index in [-0.39, 0.29) is 29.3 Å². The van der Waals surface area contributed by atoms with Crippen LogP contribution >= 0.6 is 0 Å². The second-order valence-corrected chi connectivity index (χ2v) is 13.5. The minimum Gasteiger partial charge on any atom is -0.489 e. The number of carbonyl (C=O) groups is 2. The predicted molar refractivity (Wildman–Crippen MR) is 189 cm³/mol. The van der Waals surface area contributed by atoms with Gasteiger partial charge in [-0.3, -0.25) is 0 Å². The molecule has 4 aromatic rings. The van der Waals surface area contributed by atoms with Gasteiger partial charge in [-0.1, -0.05) is 81.4 Å². The summed E-state index contributed by atoms with van der Waals surface area (Å²) < 4.78 is 16.5. The van der Waals surface area contributed by atoms with Gasteiger partial charge in [0.25, 0.3) is 0 Å². The number of esters is 2. The van der Waals surface area contributed by atoms with Crippen LogP contribution in [0.5, 0.6) is 5.75 Å². The molecule has 0 spiro atoms. The van der Waals surface area contributed by atoms with Crippen LogP contribution in [0, 0.1) is 0 Å². The Hall–Kier alpha value is -4.49. The fourth-order valence-electron chi connectivity index (χ4n) is 6.31. The van der Waals surface area contributed by atoms with Crippen molar-refractivity contribution < 1.29 is 23.8 Å². The molecule has 252 valence electrons. The van der Waals surface area contributed by atoms with Gasteiger partial charge in [0.05, 0.1) is 19.3 Å². The number of para-hydroxylation sites is 1. The molecule has 2 unspecified atom stereocenters. The number of nitrogens with zero attached hydrogens (tertiary/aromatic N) is 1. The lowest BCUT2D eigenvalue weighted by atomic mass is 9.87. The zero-order valence-corrected chi connectivity index (χ0v) is 28.9. The van der Waals surface area contributed by atoms with Gasteiger partial charge in [-0.05, 0) is 102 Å². The Kier molecular flexibility index (Phi) is 11.7. The van der Waals surface area contributed by atoms with E-state index in [0.29, 0.717) is 24.5 Å². The molecule has 0 bridgehead atoms. The highest BCUT2D eigenvalue weighted by Crippen LogP contribution is 2.32. The molecular formula is C41H48N2O5. The van der Waals surface area contributed by atoms with Gasteiger partial charge in [0.15, 0.2) is 0 Å². The molecule has 0 amide bonds. The van der Waals surface area contributed by atoms with Crippen LogP contribution in [0.25, 0.3) is 0 Å². The molecular weight excluding hydrogens is 600 g/mol. The van der Waals surface area contributed by atoms with E-state index in [1.807, 2.05) is 42.5 Å². The first kappa shape index (κ1) is 34.8. The van der Waals surface area contributed by atoms with Crippen molar-refractivity contribution in [2.24, 2.45) is 0 Å². The number of aryl methyl sites for hydroxylation is 2. The Morgan fingerprint density at radius 3 is 2.40 bits per heavy atom. The normalized spacial score (nSPS) is 14.9. The van der Waals surface area contributed by atoms with E-state index in [9.17, 15) is 9.59 Å². The summed E-state index contributed by atoms with van der Waals surface area (Å²) in [7, 11) is 1.40. The summed E-state index contributed by atoms with van der Waals surface area (Å²) in [6.45, 7) is 10.0. The number of rotatable bonds is 13. The lowest BCUT2D eigenvalue weighted by Gasteiger charge is -2.28. The fraction of sp³-hybridized carbons (Fsp3) is 0.390. The van der Waals surface area contributed by atoms with E-state index < -0.39 is 0 Å². The quantitative estimate of drug-likeness (QED) is 0.146. The van der Waals surface area contributed by atoms with Crippen LogP contribution in [0.1, 0.15) is 113 Å². The van der Waals surface area contributed by atoms with Crippen LogP contribution in [0.15, 0.2) is 84.9 Å². The summed E-state index contributed by atoms with van der Waals surface area (Å²) in [5.74, 6) is 0.346. The van der Waals surface area contributed by atoms with E-state index in [1.165, 1.54) is 18.2 Å². The second-order valence-electron chi connectivity index (χ2n) is 13.5. The number of hydrogen-bond donors (Lipinski definition) is 1. The number of nitrogens with one attached hydrogen (secondary N) is 1. The minimum absolute atomic E-state index is 0.113. The third kappa shape index (κ3) is 8.90. The summed E-state index contributed by atoms with van der Waals surface area (Å²) in [6, 6.07) is 28.6. The van der Waals surface area contributed by atoms with Crippen molar-refractivity contribution in [1.29, 1.82) is 0 Å². The molecule has 7 heteroatoms. The maximum Gasteiger partial charge on any atom is 0.356 e. The highest BCUT2D eigenvalue weighted by Gasteiger charge is 2.24. The van der Waals surface area contributed by atoms with Crippen LogP contribution in [-0.2, 0) is 34.3 Å². The van der Waals surface area contributed by atoms with Crippen molar-refractivity contribution in [3.63, 3.8) is 0 Å². The molecule has 7 nitrogen and oxygen atoms in total. The maximum atomic E-state index is 12.3. The van der Waals surface area contributed by atoms with Gasteiger partial charge in [-0.15, -0.1) is 0 Å². The van der Waals surface area contributed by atoms with Gasteiger partial charge in [0.2, 0.25) is 0 Å². The van der Waals surface area contributed by atoms with Crippen LogP contribution in [-0.4, -0.2) is 37.2 Å². The molecule has 5 rings (SSSR count). The van der Waals surface area contributed by atoms with E-state index in [4.69, 9.17) is 14.2 Å². The number of hydrogen-bond acceptors (Lipinski definition) is 7. The molecule has 0 aliphatic heterocycles. The smallest absolute Gasteiger partial charge is 0.356 e. The third-order valence-corrected chi connectivity index (χ3v) is 9.14. The number of aromatic nitrogens is 1. The zero-order valence-electron chi connectivity index (χ0n) is 28.9. The maximum absolute atomic E-state index is 12.3. The average molecular weight is 649 g/mol. The molecule has 1 aliphatic rings. The summed E-state index contributed by atoms with van der Waals surface area (Å²) in [5.41, 5.74) is 7.88. The van der Waals surface area contributed by atoms with Crippen LogP contribution in [0.3, 0.4) is 0 Å². The molecule has 0 saturated carbocycles. The Balaban J connectivity index is 1.30. The van der Waals surface area contributed by atoms with Crippen LogP contribution in [0.2, 0.25) is 0 Å². The standard InChI is InChI=1S/C41H48N2O5/c1-6-47-40(45)37-25-24-34-35(11-9-12-36(34)43-37)42-26-32(29-16-19-31(20-17-29)39(44)46-5)21-18-30-10-7-8-13-38(30)48-27-28-14-22-33(23-15-28)41(2,3)4/h7-8,10,13-17,19-20,22-25,32,35,42H,6,9,11-12,18,21,26-27H2,1-5H3. The first-order valence-corrected chi connectivity index (χ1v) is 17.0. The first-order valence-electron chi connectivity index (χ1n) is 17.0. The number of fused-ring (bicyclic) bond motifs is 1. The van der Waals surface area contributed by atoms with Crippen LogP contribution in [0.4, 0.5) is 0 Å². The SMILES string of the molecule is CCOC(=O)c1ccc2c(n1)CCCC2NCC(CCc1ccccc1OCc1ccc(C(C)(C)C)cc1)c1ccc(C(=O)OC)cc1. The molecule has 0 radical (unpaired) electrons. The van der Waals surface area contributed by atoms with Crippen molar-refractivity contribution >= 4 is 11.9 Å². The number of pyridine rings is 1. The molecule has 1 aromatic heterocycles. The summed E-state index contributed by atoms with van der Waals surface area (Å²) in [4.78, 5) is 29.1. The van der Waals surface area contributed by atoms with E-state index in [1.54, 1.807) is 13.0 Å². The Bertz CT molecular complexity index is 1670. The minimum atomic E-state index is -0.381. The molecule has 0 fully saturated rings. The van der Waals surface area contributed by atoms with Crippen molar-refractivity contribution in [1.82, 2.24) is 10.3 Å². The predicted octanol–water partition coefficient (Wildman–Crippen LogP) is 8.31. The molecule has 1 aliphatic carbocycles. The molecule has 48 heavy (non-hydrogen) atoms. The molecule has 0 saturated heterocycles. The fourth-order valence-corrected chi connectivity index (χ4v) is 6.31. The van der Waals surface area contributed by atoms with E-state index >= 15 is 0 Å². The number of ether oxygens (including phenoxy) is 3. The number of methoxy groups -OCH3 is 1.